The van der Waals surface area contributed by atoms with E-state index in [-0.39, 0.29) is 5.92 Å². The van der Waals surface area contributed by atoms with Crippen molar-refractivity contribution in [2.45, 2.75) is 26.9 Å². The Kier molecular flexibility index (Phi) is 5.87. The number of urea groups is 1. The summed E-state index contributed by atoms with van der Waals surface area (Å²) < 4.78 is 5.30. The summed E-state index contributed by atoms with van der Waals surface area (Å²) >= 11 is 1.19. The number of aromatic nitrogens is 1. The highest BCUT2D eigenvalue weighted by molar-refractivity contribution is 7.17. The van der Waals surface area contributed by atoms with E-state index in [9.17, 15) is 14.4 Å². The first-order valence-electron chi connectivity index (χ1n) is 7.63. The molecule has 3 N–H and O–H groups in total. The Balaban J connectivity index is 2.21. The van der Waals surface area contributed by atoms with Gasteiger partial charge in [-0.05, 0) is 12.8 Å². The first-order valence-corrected chi connectivity index (χ1v) is 8.45. The van der Waals surface area contributed by atoms with Crippen LogP contribution < -0.4 is 11.1 Å². The zero-order valence-corrected chi connectivity index (χ0v) is 14.9. The fourth-order valence-electron chi connectivity index (χ4n) is 2.14. The molecule has 0 saturated heterocycles. The lowest BCUT2D eigenvalue weighted by Crippen LogP contribution is -2.45. The van der Waals surface area contributed by atoms with E-state index in [0.717, 1.165) is 5.56 Å². The third kappa shape index (κ3) is 4.63. The molecule has 7 nitrogen and oxygen atoms in total. The monoisotopic (exact) mass is 361 g/mol. The maximum Gasteiger partial charge on any atom is 0.351 e. The quantitative estimate of drug-likeness (QED) is 0.795. The van der Waals surface area contributed by atoms with Crippen molar-refractivity contribution in [1.82, 2.24) is 10.3 Å². The molecule has 0 fully saturated rings. The maximum atomic E-state index is 12.5. The largest absolute Gasteiger partial charge is 0.448 e. The molecule has 0 aliphatic carbocycles. The summed E-state index contributed by atoms with van der Waals surface area (Å²) in [6.45, 7) is 5.11. The summed E-state index contributed by atoms with van der Waals surface area (Å²) in [5, 5.41) is 2.62. The highest BCUT2D eigenvalue weighted by Crippen LogP contribution is 2.28. The standard InChI is InChI=1S/C17H19N3O4S/c1-9(2)12(14(21)20-17(18)23)24-16(22)13-10(3)19-15(25-13)11-7-5-4-6-8-11/h4-9,12H,1-3H3,(H3,18,20,21,23)/t12-/m1/s1. The number of aryl methyl sites for hydroxylation is 1. The molecular formula is C17H19N3O4S. The summed E-state index contributed by atoms with van der Waals surface area (Å²) in [4.78, 5) is 40.0. The number of amides is 3. The summed E-state index contributed by atoms with van der Waals surface area (Å²) in [6, 6.07) is 8.45. The number of hydrogen-bond donors (Lipinski definition) is 2. The molecule has 1 aromatic heterocycles. The number of esters is 1. The smallest absolute Gasteiger partial charge is 0.351 e. The van der Waals surface area contributed by atoms with Crippen LogP contribution in [0.15, 0.2) is 30.3 Å². The lowest BCUT2D eigenvalue weighted by molar-refractivity contribution is -0.130. The van der Waals surface area contributed by atoms with Crippen LogP contribution in [0.25, 0.3) is 10.6 Å². The molecule has 2 rings (SSSR count). The molecule has 1 atom stereocenters. The van der Waals surface area contributed by atoms with E-state index < -0.39 is 24.0 Å². The number of imide groups is 1. The molecule has 132 valence electrons. The number of nitrogens with two attached hydrogens (primary N) is 1. The van der Waals surface area contributed by atoms with Gasteiger partial charge in [-0.15, -0.1) is 11.3 Å². The van der Waals surface area contributed by atoms with Gasteiger partial charge in [0, 0.05) is 5.56 Å². The van der Waals surface area contributed by atoms with Crippen LogP contribution in [0.3, 0.4) is 0 Å². The molecule has 25 heavy (non-hydrogen) atoms. The van der Waals surface area contributed by atoms with E-state index in [1.807, 2.05) is 35.6 Å². The van der Waals surface area contributed by atoms with Crippen LogP contribution in [0.5, 0.6) is 0 Å². The number of carbonyl (C=O) groups excluding carboxylic acids is 3. The van der Waals surface area contributed by atoms with Gasteiger partial charge in [-0.2, -0.15) is 0 Å². The molecule has 3 amide bonds. The number of nitrogens with zero attached hydrogens (tertiary/aromatic N) is 1. The lowest BCUT2D eigenvalue weighted by Gasteiger charge is -2.19. The Bertz CT molecular complexity index is 786. The van der Waals surface area contributed by atoms with Gasteiger partial charge in [0.1, 0.15) is 9.88 Å². The minimum absolute atomic E-state index is 0.316. The molecule has 0 unspecified atom stereocenters. The maximum absolute atomic E-state index is 12.5. The number of nitrogens with one attached hydrogen (secondary N) is 1. The highest BCUT2D eigenvalue weighted by Gasteiger charge is 2.29. The van der Waals surface area contributed by atoms with Crippen LogP contribution in [-0.4, -0.2) is 29.0 Å². The highest BCUT2D eigenvalue weighted by atomic mass is 32.1. The van der Waals surface area contributed by atoms with Gasteiger partial charge < -0.3 is 10.5 Å². The van der Waals surface area contributed by atoms with Gasteiger partial charge in [-0.25, -0.2) is 14.6 Å². The van der Waals surface area contributed by atoms with Crippen LogP contribution in [0, 0.1) is 12.8 Å². The molecule has 8 heteroatoms. The number of ether oxygens (including phenoxy) is 1. The lowest BCUT2D eigenvalue weighted by atomic mass is 10.1. The van der Waals surface area contributed by atoms with Crippen molar-refractivity contribution in [3.63, 3.8) is 0 Å². The molecule has 0 saturated carbocycles. The average molecular weight is 361 g/mol. The van der Waals surface area contributed by atoms with Gasteiger partial charge in [-0.1, -0.05) is 44.2 Å². The van der Waals surface area contributed by atoms with Crippen LogP contribution >= 0.6 is 11.3 Å². The average Bonchev–Trinajstić information content (AvgIpc) is 2.94. The first kappa shape index (κ1) is 18.6. The second kappa shape index (κ2) is 7.89. The summed E-state index contributed by atoms with van der Waals surface area (Å²) in [7, 11) is 0. The van der Waals surface area contributed by atoms with Crippen LogP contribution in [0.4, 0.5) is 4.79 Å². The van der Waals surface area contributed by atoms with Crippen molar-refractivity contribution in [2.24, 2.45) is 11.7 Å². The number of thiazole rings is 1. The Morgan fingerprint density at radius 3 is 2.40 bits per heavy atom. The van der Waals surface area contributed by atoms with Crippen LogP contribution in [-0.2, 0) is 9.53 Å². The van der Waals surface area contributed by atoms with Crippen molar-refractivity contribution in [3.05, 3.63) is 40.9 Å². The third-order valence-corrected chi connectivity index (χ3v) is 4.53. The molecule has 0 aliphatic heterocycles. The Morgan fingerprint density at radius 2 is 1.84 bits per heavy atom. The van der Waals surface area contributed by atoms with Crippen molar-refractivity contribution in [1.29, 1.82) is 0 Å². The number of benzene rings is 1. The summed E-state index contributed by atoms with van der Waals surface area (Å²) in [5.41, 5.74) is 6.36. The van der Waals surface area contributed by atoms with E-state index in [4.69, 9.17) is 10.5 Å². The predicted octanol–water partition coefficient (Wildman–Crippen LogP) is 2.49. The van der Waals surface area contributed by atoms with Crippen molar-refractivity contribution in [3.8, 4) is 10.6 Å². The Morgan fingerprint density at radius 1 is 1.20 bits per heavy atom. The van der Waals surface area contributed by atoms with E-state index in [2.05, 4.69) is 4.98 Å². The van der Waals surface area contributed by atoms with E-state index in [0.29, 0.717) is 15.6 Å². The van der Waals surface area contributed by atoms with Gasteiger partial charge in [0.25, 0.3) is 5.91 Å². The number of hydrogen-bond acceptors (Lipinski definition) is 6. The first-order chi connectivity index (χ1) is 11.8. The second-order valence-electron chi connectivity index (χ2n) is 5.72. The zero-order chi connectivity index (χ0) is 18.6. The number of rotatable bonds is 5. The molecule has 0 spiro atoms. The minimum Gasteiger partial charge on any atom is -0.448 e. The van der Waals surface area contributed by atoms with Crippen molar-refractivity contribution >= 4 is 29.2 Å². The molecule has 0 bridgehead atoms. The van der Waals surface area contributed by atoms with Gasteiger partial charge in [-0.3, -0.25) is 10.1 Å². The van der Waals surface area contributed by atoms with Gasteiger partial charge in [0.05, 0.1) is 5.69 Å². The Hall–Kier alpha value is -2.74. The zero-order valence-electron chi connectivity index (χ0n) is 14.1. The van der Waals surface area contributed by atoms with E-state index >= 15 is 0 Å². The van der Waals surface area contributed by atoms with E-state index in [1.165, 1.54) is 11.3 Å². The number of primary amides is 1. The van der Waals surface area contributed by atoms with Gasteiger partial charge in [0.15, 0.2) is 6.10 Å². The molecule has 1 aromatic carbocycles. The minimum atomic E-state index is -1.12. The predicted molar refractivity (Wildman–Crippen MR) is 94.1 cm³/mol. The normalized spacial score (nSPS) is 11.8. The van der Waals surface area contributed by atoms with E-state index in [1.54, 1.807) is 20.8 Å². The summed E-state index contributed by atoms with van der Waals surface area (Å²) in [6.07, 6.45) is -1.12. The Labute approximate surface area is 149 Å². The van der Waals surface area contributed by atoms with Crippen LogP contribution in [0.1, 0.15) is 29.2 Å². The van der Waals surface area contributed by atoms with Crippen molar-refractivity contribution < 1.29 is 19.1 Å². The van der Waals surface area contributed by atoms with Gasteiger partial charge in [0.2, 0.25) is 0 Å². The van der Waals surface area contributed by atoms with Gasteiger partial charge >= 0.3 is 12.0 Å². The molecule has 1 heterocycles. The number of carbonyl (C=O) groups is 3. The topological polar surface area (TPSA) is 111 Å². The molecular weight excluding hydrogens is 342 g/mol. The fraction of sp³-hybridized carbons (Fsp3) is 0.294. The SMILES string of the molecule is Cc1nc(-c2ccccc2)sc1C(=O)O[C@@H](C(=O)NC(N)=O)C(C)C. The fourth-order valence-corrected chi connectivity index (χ4v) is 3.10. The summed E-state index contributed by atoms with van der Waals surface area (Å²) in [5.74, 6) is -1.73. The third-order valence-electron chi connectivity index (χ3n) is 3.35. The van der Waals surface area contributed by atoms with Crippen molar-refractivity contribution in [2.75, 3.05) is 0 Å². The van der Waals surface area contributed by atoms with Crippen LogP contribution in [0.2, 0.25) is 0 Å². The molecule has 0 radical (unpaired) electrons. The second-order valence-corrected chi connectivity index (χ2v) is 6.72. The molecule has 0 aliphatic rings. The molecule has 2 aromatic rings.